The Morgan fingerprint density at radius 1 is 0.893 bits per heavy atom. The molecule has 0 atom stereocenters. The maximum atomic E-state index is 13.0. The summed E-state index contributed by atoms with van der Waals surface area (Å²) in [5, 5.41) is 0. The first kappa shape index (κ1) is 17.9. The molecular formula is C23H18FNO3. The van der Waals surface area contributed by atoms with E-state index in [1.165, 1.54) is 29.8 Å². The predicted molar refractivity (Wildman–Crippen MR) is 104 cm³/mol. The van der Waals surface area contributed by atoms with E-state index in [0.29, 0.717) is 23.4 Å². The van der Waals surface area contributed by atoms with Crippen LogP contribution in [0.2, 0.25) is 0 Å². The van der Waals surface area contributed by atoms with Crippen molar-refractivity contribution in [3.05, 3.63) is 95.3 Å². The van der Waals surface area contributed by atoms with Gasteiger partial charge in [0.15, 0.2) is 12.4 Å². The zero-order chi connectivity index (χ0) is 19.5. The highest BCUT2D eigenvalue weighted by Gasteiger charge is 2.24. The number of ketones is 1. The third-order valence-corrected chi connectivity index (χ3v) is 4.77. The van der Waals surface area contributed by atoms with Crippen molar-refractivity contribution in [2.75, 3.05) is 18.1 Å². The first-order valence-corrected chi connectivity index (χ1v) is 9.03. The maximum absolute atomic E-state index is 13.0. The van der Waals surface area contributed by atoms with Crippen LogP contribution in [-0.2, 0) is 11.2 Å². The van der Waals surface area contributed by atoms with Crippen molar-refractivity contribution in [1.82, 2.24) is 0 Å². The molecule has 1 amide bonds. The van der Waals surface area contributed by atoms with Gasteiger partial charge in [-0.15, -0.1) is 0 Å². The minimum Gasteiger partial charge on any atom is -0.484 e. The summed E-state index contributed by atoms with van der Waals surface area (Å²) in [7, 11) is 0. The van der Waals surface area contributed by atoms with E-state index in [1.807, 2.05) is 24.3 Å². The lowest BCUT2D eigenvalue weighted by Gasteiger charge is -2.17. The number of anilines is 1. The minimum absolute atomic E-state index is 0.0699. The Hall–Kier alpha value is -3.47. The number of fused-ring (bicyclic) bond motifs is 1. The molecule has 28 heavy (non-hydrogen) atoms. The SMILES string of the molecule is O=C(c1ccc(F)cc1)c1ccc(OCC(=O)N2CCc3ccccc32)cc1. The van der Waals surface area contributed by atoms with Gasteiger partial charge >= 0.3 is 0 Å². The van der Waals surface area contributed by atoms with Crippen LogP contribution >= 0.6 is 0 Å². The van der Waals surface area contributed by atoms with Crippen LogP contribution in [-0.4, -0.2) is 24.8 Å². The molecule has 3 aromatic rings. The molecule has 140 valence electrons. The van der Waals surface area contributed by atoms with Crippen molar-refractivity contribution in [1.29, 1.82) is 0 Å². The summed E-state index contributed by atoms with van der Waals surface area (Å²) >= 11 is 0. The summed E-state index contributed by atoms with van der Waals surface area (Å²) < 4.78 is 18.6. The summed E-state index contributed by atoms with van der Waals surface area (Å²) in [6, 6.07) is 19.9. The van der Waals surface area contributed by atoms with Crippen molar-refractivity contribution in [3.63, 3.8) is 0 Å². The second-order valence-corrected chi connectivity index (χ2v) is 6.57. The Labute approximate surface area is 162 Å². The molecule has 1 aliphatic rings. The van der Waals surface area contributed by atoms with E-state index in [4.69, 9.17) is 4.74 Å². The van der Waals surface area contributed by atoms with Gasteiger partial charge < -0.3 is 9.64 Å². The molecule has 0 bridgehead atoms. The molecule has 0 aliphatic carbocycles. The fourth-order valence-corrected chi connectivity index (χ4v) is 3.29. The van der Waals surface area contributed by atoms with E-state index >= 15 is 0 Å². The number of benzene rings is 3. The van der Waals surface area contributed by atoms with Gasteiger partial charge in [-0.25, -0.2) is 4.39 Å². The molecule has 0 fully saturated rings. The van der Waals surface area contributed by atoms with Crippen molar-refractivity contribution in [2.24, 2.45) is 0 Å². The molecule has 0 N–H and O–H groups in total. The molecule has 3 aromatic carbocycles. The van der Waals surface area contributed by atoms with Gasteiger partial charge in [0.2, 0.25) is 0 Å². The number of hydrogen-bond acceptors (Lipinski definition) is 3. The second kappa shape index (κ2) is 7.64. The summed E-state index contributed by atoms with van der Waals surface area (Å²) in [6.45, 7) is 0.590. The van der Waals surface area contributed by atoms with E-state index in [9.17, 15) is 14.0 Å². The molecule has 0 radical (unpaired) electrons. The van der Waals surface area contributed by atoms with Gasteiger partial charge in [0.05, 0.1) is 0 Å². The highest BCUT2D eigenvalue weighted by molar-refractivity contribution is 6.09. The van der Waals surface area contributed by atoms with Crippen LogP contribution in [0.5, 0.6) is 5.75 Å². The van der Waals surface area contributed by atoms with Gasteiger partial charge in [-0.2, -0.15) is 0 Å². The molecule has 0 saturated carbocycles. The lowest BCUT2D eigenvalue weighted by atomic mass is 10.0. The van der Waals surface area contributed by atoms with Crippen LogP contribution in [0.25, 0.3) is 0 Å². The summed E-state index contributed by atoms with van der Waals surface area (Å²) in [4.78, 5) is 26.6. The molecule has 5 heteroatoms. The first-order chi connectivity index (χ1) is 13.6. The molecule has 4 nitrogen and oxygen atoms in total. The summed E-state index contributed by atoms with van der Waals surface area (Å²) in [5.41, 5.74) is 2.99. The number of hydrogen-bond donors (Lipinski definition) is 0. The Kier molecular flexibility index (Phi) is 4.89. The van der Waals surface area contributed by atoms with E-state index in [0.717, 1.165) is 12.1 Å². The monoisotopic (exact) mass is 375 g/mol. The molecular weight excluding hydrogens is 357 g/mol. The van der Waals surface area contributed by atoms with Crippen LogP contribution in [0.4, 0.5) is 10.1 Å². The van der Waals surface area contributed by atoms with Gasteiger partial charge in [-0.3, -0.25) is 9.59 Å². The zero-order valence-electron chi connectivity index (χ0n) is 15.1. The maximum Gasteiger partial charge on any atom is 0.264 e. The standard InChI is InChI=1S/C23H18FNO3/c24-19-9-5-17(6-10-19)23(27)18-7-11-20(12-8-18)28-15-22(26)25-14-13-16-3-1-2-4-21(16)25/h1-12H,13-15H2. The van der Waals surface area contributed by atoms with Crippen molar-refractivity contribution in [2.45, 2.75) is 6.42 Å². The smallest absolute Gasteiger partial charge is 0.264 e. The zero-order valence-corrected chi connectivity index (χ0v) is 15.1. The van der Waals surface area contributed by atoms with E-state index in [2.05, 4.69) is 0 Å². The van der Waals surface area contributed by atoms with E-state index < -0.39 is 0 Å². The molecule has 0 unspecified atom stereocenters. The van der Waals surface area contributed by atoms with E-state index in [1.54, 1.807) is 29.2 Å². The quantitative estimate of drug-likeness (QED) is 0.633. The number of halogens is 1. The number of ether oxygens (including phenoxy) is 1. The molecule has 1 heterocycles. The summed E-state index contributed by atoms with van der Waals surface area (Å²) in [6.07, 6.45) is 0.849. The third-order valence-electron chi connectivity index (χ3n) is 4.77. The number of carbonyl (C=O) groups excluding carboxylic acids is 2. The molecule has 0 aromatic heterocycles. The van der Waals surface area contributed by atoms with Gasteiger partial charge in [0, 0.05) is 23.4 Å². The van der Waals surface area contributed by atoms with Gasteiger partial charge in [-0.05, 0) is 66.6 Å². The largest absolute Gasteiger partial charge is 0.484 e. The Morgan fingerprint density at radius 2 is 1.54 bits per heavy atom. The van der Waals surface area contributed by atoms with Crippen molar-refractivity contribution in [3.8, 4) is 5.75 Å². The van der Waals surface area contributed by atoms with Crippen molar-refractivity contribution >= 4 is 17.4 Å². The van der Waals surface area contributed by atoms with Crippen LogP contribution in [0.15, 0.2) is 72.8 Å². The minimum atomic E-state index is -0.384. The first-order valence-electron chi connectivity index (χ1n) is 9.03. The number of amides is 1. The van der Waals surface area contributed by atoms with Gasteiger partial charge in [-0.1, -0.05) is 18.2 Å². The van der Waals surface area contributed by atoms with E-state index in [-0.39, 0.29) is 24.1 Å². The molecule has 0 spiro atoms. The lowest BCUT2D eigenvalue weighted by molar-refractivity contribution is -0.120. The summed E-state index contributed by atoms with van der Waals surface area (Å²) in [5.74, 6) is -0.171. The topological polar surface area (TPSA) is 46.6 Å². The second-order valence-electron chi connectivity index (χ2n) is 6.57. The average molecular weight is 375 g/mol. The van der Waals surface area contributed by atoms with Gasteiger partial charge in [0.1, 0.15) is 11.6 Å². The Balaban J connectivity index is 1.38. The predicted octanol–water partition coefficient (Wildman–Crippen LogP) is 4.02. The molecule has 1 aliphatic heterocycles. The van der Waals surface area contributed by atoms with Gasteiger partial charge in [0.25, 0.3) is 5.91 Å². The Bertz CT molecular complexity index is 1010. The van der Waals surface area contributed by atoms with Crippen molar-refractivity contribution < 1.29 is 18.7 Å². The lowest BCUT2D eigenvalue weighted by Crippen LogP contribution is -2.33. The van der Waals surface area contributed by atoms with Crippen LogP contribution in [0, 0.1) is 5.82 Å². The number of carbonyl (C=O) groups is 2. The Morgan fingerprint density at radius 3 is 2.25 bits per heavy atom. The van der Waals surface area contributed by atoms with Crippen LogP contribution in [0.1, 0.15) is 21.5 Å². The highest BCUT2D eigenvalue weighted by Crippen LogP contribution is 2.27. The van der Waals surface area contributed by atoms with Crippen LogP contribution < -0.4 is 9.64 Å². The van der Waals surface area contributed by atoms with Crippen LogP contribution in [0.3, 0.4) is 0 Å². The normalized spacial score (nSPS) is 12.5. The third kappa shape index (κ3) is 3.64. The number of nitrogens with zero attached hydrogens (tertiary/aromatic N) is 1. The number of rotatable bonds is 5. The number of para-hydroxylation sites is 1. The fourth-order valence-electron chi connectivity index (χ4n) is 3.29. The molecule has 0 saturated heterocycles. The highest BCUT2D eigenvalue weighted by atomic mass is 19.1. The average Bonchev–Trinajstić information content (AvgIpc) is 3.17. The fraction of sp³-hybridized carbons (Fsp3) is 0.130. The molecule has 4 rings (SSSR count).